The van der Waals surface area contributed by atoms with Crippen LogP contribution in [-0.4, -0.2) is 65.7 Å². The molecule has 1 aliphatic heterocycles. The van der Waals surface area contributed by atoms with Crippen molar-refractivity contribution < 1.29 is 34.3 Å². The Morgan fingerprint density at radius 2 is 1.12 bits per heavy atom. The molecule has 34 heavy (non-hydrogen) atoms. The van der Waals surface area contributed by atoms with Crippen LogP contribution in [0.5, 0.6) is 0 Å². The molecule has 0 saturated carbocycles. The molecule has 0 aromatic rings. The van der Waals surface area contributed by atoms with Crippen molar-refractivity contribution in [2.45, 2.75) is 153 Å². The Hall–Kier alpha value is -0.730. The summed E-state index contributed by atoms with van der Waals surface area (Å²) in [6.45, 7) is 2.09. The Labute approximate surface area is 207 Å². The highest BCUT2D eigenvalue weighted by molar-refractivity contribution is 5.69. The predicted molar refractivity (Wildman–Crippen MR) is 133 cm³/mol. The van der Waals surface area contributed by atoms with Crippen LogP contribution >= 0.6 is 0 Å². The van der Waals surface area contributed by atoms with Crippen LogP contribution in [0.2, 0.25) is 0 Å². The number of hydrogen-bond acceptors (Lipinski definition) is 7. The molecule has 1 heterocycles. The lowest BCUT2D eigenvalue weighted by molar-refractivity contribution is -0.295. The van der Waals surface area contributed by atoms with Crippen molar-refractivity contribution >= 4 is 5.97 Å². The molecule has 1 aliphatic rings. The first-order chi connectivity index (χ1) is 16.5. The molecule has 0 aromatic carbocycles. The number of rotatable bonds is 21. The van der Waals surface area contributed by atoms with Crippen molar-refractivity contribution in [2.75, 3.05) is 13.7 Å². The second-order valence-corrected chi connectivity index (χ2v) is 9.84. The summed E-state index contributed by atoms with van der Waals surface area (Å²) in [6.07, 6.45) is 16.2. The normalized spacial score (nSPS) is 24.9. The van der Waals surface area contributed by atoms with Crippen molar-refractivity contribution in [1.29, 1.82) is 0 Å². The molecule has 1 fully saturated rings. The van der Waals surface area contributed by atoms with E-state index in [0.717, 1.165) is 19.3 Å². The Kier molecular flexibility index (Phi) is 18.8. The average molecular weight is 489 g/mol. The van der Waals surface area contributed by atoms with E-state index in [-0.39, 0.29) is 12.6 Å². The van der Waals surface area contributed by atoms with Crippen LogP contribution in [0, 0.1) is 0 Å². The van der Waals surface area contributed by atoms with Crippen molar-refractivity contribution in [2.24, 2.45) is 0 Å². The largest absolute Gasteiger partial charge is 0.463 e. The molecule has 3 N–H and O–H groups in total. The van der Waals surface area contributed by atoms with Gasteiger partial charge in [-0.3, -0.25) is 4.79 Å². The Morgan fingerprint density at radius 3 is 1.56 bits per heavy atom. The smallest absolute Gasteiger partial charge is 0.305 e. The second-order valence-electron chi connectivity index (χ2n) is 9.84. The van der Waals surface area contributed by atoms with E-state index in [1.165, 1.54) is 97.0 Å². The lowest BCUT2D eigenvalue weighted by Gasteiger charge is -2.39. The van der Waals surface area contributed by atoms with Gasteiger partial charge in [0.05, 0.1) is 0 Å². The minimum absolute atomic E-state index is 0.178. The summed E-state index contributed by atoms with van der Waals surface area (Å²) in [6, 6.07) is 0. The van der Waals surface area contributed by atoms with Crippen LogP contribution in [0.15, 0.2) is 0 Å². The molecule has 5 atom stereocenters. The number of aliphatic hydroxyl groups excluding tert-OH is 3. The summed E-state index contributed by atoms with van der Waals surface area (Å²) in [7, 11) is 1.33. The molecule has 0 aliphatic carbocycles. The molecule has 0 amide bonds. The summed E-state index contributed by atoms with van der Waals surface area (Å²) in [5.74, 6) is -0.341. The molecular formula is C27H52O7. The van der Waals surface area contributed by atoms with Gasteiger partial charge in [0.25, 0.3) is 0 Å². The van der Waals surface area contributed by atoms with E-state index in [2.05, 4.69) is 6.92 Å². The van der Waals surface area contributed by atoms with Gasteiger partial charge in [-0.05, 0) is 6.42 Å². The summed E-state index contributed by atoms with van der Waals surface area (Å²) in [4.78, 5) is 11.9. The first-order valence-electron chi connectivity index (χ1n) is 13.9. The highest BCUT2D eigenvalue weighted by atomic mass is 16.7. The molecule has 0 unspecified atom stereocenters. The lowest BCUT2D eigenvalue weighted by Crippen LogP contribution is -2.59. The van der Waals surface area contributed by atoms with Crippen LogP contribution in [0.1, 0.15) is 122 Å². The summed E-state index contributed by atoms with van der Waals surface area (Å²) >= 11 is 0. The van der Waals surface area contributed by atoms with E-state index in [9.17, 15) is 20.1 Å². The molecule has 0 radical (unpaired) electrons. The fourth-order valence-corrected chi connectivity index (χ4v) is 4.49. The third kappa shape index (κ3) is 14.0. The van der Waals surface area contributed by atoms with Gasteiger partial charge in [0.15, 0.2) is 6.29 Å². The highest BCUT2D eigenvalue weighted by Crippen LogP contribution is 2.22. The average Bonchev–Trinajstić information content (AvgIpc) is 2.84. The number of carbonyl (C=O) groups is 1. The first kappa shape index (κ1) is 31.3. The molecule has 7 nitrogen and oxygen atoms in total. The Bertz CT molecular complexity index is 486. The number of carbonyl (C=O) groups excluding carboxylic acids is 1. The van der Waals surface area contributed by atoms with E-state index >= 15 is 0 Å². The molecule has 202 valence electrons. The standard InChI is InChI=1S/C27H52O7/c1-3-4-5-6-7-8-9-10-11-12-13-14-15-16-17-18-19-20-23(28)33-21-22-24(29)25(30)26(31)27(32-2)34-22/h22,24-27,29-31H,3-21H2,1-2H3/t22-,24-,25+,26-,27+/m1/s1. The summed E-state index contributed by atoms with van der Waals surface area (Å²) in [5.41, 5.74) is 0. The maximum Gasteiger partial charge on any atom is 0.305 e. The second kappa shape index (κ2) is 20.5. The van der Waals surface area contributed by atoms with Crippen LogP contribution in [0.4, 0.5) is 0 Å². The van der Waals surface area contributed by atoms with Gasteiger partial charge < -0.3 is 29.5 Å². The van der Waals surface area contributed by atoms with E-state index in [0.29, 0.717) is 6.42 Å². The quantitative estimate of drug-likeness (QED) is 0.154. The zero-order valence-corrected chi connectivity index (χ0v) is 21.8. The van der Waals surface area contributed by atoms with Gasteiger partial charge in [-0.2, -0.15) is 0 Å². The van der Waals surface area contributed by atoms with Gasteiger partial charge in [0, 0.05) is 13.5 Å². The maximum absolute atomic E-state index is 11.9. The molecule has 0 bridgehead atoms. The molecule has 1 rings (SSSR count). The van der Waals surface area contributed by atoms with E-state index in [1.807, 2.05) is 0 Å². The van der Waals surface area contributed by atoms with E-state index in [1.54, 1.807) is 0 Å². The third-order valence-electron chi connectivity index (χ3n) is 6.79. The minimum atomic E-state index is -1.41. The monoisotopic (exact) mass is 488 g/mol. The van der Waals surface area contributed by atoms with Crippen LogP contribution in [0.3, 0.4) is 0 Å². The van der Waals surface area contributed by atoms with Crippen molar-refractivity contribution in [3.8, 4) is 0 Å². The van der Waals surface area contributed by atoms with Crippen molar-refractivity contribution in [1.82, 2.24) is 0 Å². The molecular weight excluding hydrogens is 436 g/mol. The lowest BCUT2D eigenvalue weighted by atomic mass is 9.99. The fourth-order valence-electron chi connectivity index (χ4n) is 4.49. The fraction of sp³-hybridized carbons (Fsp3) is 0.963. The molecule has 7 heteroatoms. The Balaban J connectivity index is 1.88. The summed E-state index contributed by atoms with van der Waals surface area (Å²) < 4.78 is 15.5. The van der Waals surface area contributed by atoms with Crippen molar-refractivity contribution in [3.63, 3.8) is 0 Å². The predicted octanol–water partition coefficient (Wildman–Crippen LogP) is 5.03. The van der Waals surface area contributed by atoms with Gasteiger partial charge >= 0.3 is 5.97 Å². The van der Waals surface area contributed by atoms with E-state index in [4.69, 9.17) is 14.2 Å². The number of hydrogen-bond donors (Lipinski definition) is 3. The van der Waals surface area contributed by atoms with Crippen LogP contribution in [-0.2, 0) is 19.0 Å². The third-order valence-corrected chi connectivity index (χ3v) is 6.79. The minimum Gasteiger partial charge on any atom is -0.463 e. The highest BCUT2D eigenvalue weighted by Gasteiger charge is 2.44. The number of unbranched alkanes of at least 4 members (excludes halogenated alkanes) is 16. The number of aliphatic hydroxyl groups is 3. The maximum atomic E-state index is 11.9. The van der Waals surface area contributed by atoms with Gasteiger partial charge in [-0.25, -0.2) is 0 Å². The van der Waals surface area contributed by atoms with Gasteiger partial charge in [-0.1, -0.05) is 110 Å². The topological polar surface area (TPSA) is 105 Å². The Morgan fingerprint density at radius 1 is 0.676 bits per heavy atom. The summed E-state index contributed by atoms with van der Waals surface area (Å²) in [5, 5.41) is 29.6. The molecule has 0 spiro atoms. The zero-order chi connectivity index (χ0) is 25.0. The molecule has 0 aromatic heterocycles. The molecule has 1 saturated heterocycles. The van der Waals surface area contributed by atoms with Gasteiger partial charge in [0.1, 0.15) is 31.0 Å². The number of methoxy groups -OCH3 is 1. The first-order valence-corrected chi connectivity index (χ1v) is 13.9. The van der Waals surface area contributed by atoms with E-state index < -0.39 is 30.7 Å². The van der Waals surface area contributed by atoms with Gasteiger partial charge in [0.2, 0.25) is 0 Å². The van der Waals surface area contributed by atoms with Crippen molar-refractivity contribution in [3.05, 3.63) is 0 Å². The SMILES string of the molecule is CCCCCCCCCCCCCCCCCCCC(=O)OC[C@H]1O[C@H](OC)[C@H](O)[C@@H](O)[C@@H]1O. The number of ether oxygens (including phenoxy) is 3. The van der Waals surface area contributed by atoms with Gasteiger partial charge in [-0.15, -0.1) is 0 Å². The van der Waals surface area contributed by atoms with Crippen LogP contribution < -0.4 is 0 Å². The van der Waals surface area contributed by atoms with Crippen LogP contribution in [0.25, 0.3) is 0 Å². The number of esters is 1. The zero-order valence-electron chi connectivity index (χ0n) is 21.8.